The molecule has 2 N–H and O–H groups in total. The number of carbonyl (C=O) groups is 2. The molecular weight excluding hydrogens is 393 g/mol. The highest BCUT2D eigenvalue weighted by atomic mass is 19.4. The van der Waals surface area contributed by atoms with Gasteiger partial charge in [0, 0.05) is 23.4 Å². The Morgan fingerprint density at radius 1 is 0.931 bits per heavy atom. The number of anilines is 1. The van der Waals surface area contributed by atoms with E-state index < -0.39 is 30.1 Å². The van der Waals surface area contributed by atoms with E-state index in [2.05, 4.69) is 10.6 Å². The van der Waals surface area contributed by atoms with E-state index in [1.54, 1.807) is 0 Å². The fourth-order valence-corrected chi connectivity index (χ4v) is 2.43. The van der Waals surface area contributed by atoms with E-state index in [0.717, 1.165) is 24.3 Å². The second kappa shape index (κ2) is 9.18. The molecule has 2 rings (SSSR count). The van der Waals surface area contributed by atoms with Crippen LogP contribution in [0.5, 0.6) is 17.2 Å². The third kappa shape index (κ3) is 5.53. The number of alkyl halides is 3. The van der Waals surface area contributed by atoms with Crippen LogP contribution in [-0.2, 0) is 11.0 Å². The van der Waals surface area contributed by atoms with Gasteiger partial charge in [-0.15, -0.1) is 0 Å². The van der Waals surface area contributed by atoms with Gasteiger partial charge in [0.2, 0.25) is 11.7 Å². The Morgan fingerprint density at radius 2 is 1.48 bits per heavy atom. The summed E-state index contributed by atoms with van der Waals surface area (Å²) in [6.45, 7) is -0.392. The van der Waals surface area contributed by atoms with Gasteiger partial charge in [0.25, 0.3) is 5.91 Å². The molecule has 0 aromatic heterocycles. The molecule has 156 valence electrons. The molecule has 29 heavy (non-hydrogen) atoms. The van der Waals surface area contributed by atoms with E-state index in [-0.39, 0.29) is 5.56 Å². The number of amides is 2. The molecule has 0 atom stereocenters. The summed E-state index contributed by atoms with van der Waals surface area (Å²) in [5.74, 6) is -0.228. The van der Waals surface area contributed by atoms with E-state index in [1.807, 2.05) is 0 Å². The second-order valence-electron chi connectivity index (χ2n) is 5.72. The van der Waals surface area contributed by atoms with Crippen LogP contribution < -0.4 is 24.8 Å². The Morgan fingerprint density at radius 3 is 1.93 bits per heavy atom. The summed E-state index contributed by atoms with van der Waals surface area (Å²) >= 11 is 0. The highest BCUT2D eigenvalue weighted by Crippen LogP contribution is 2.39. The molecular formula is C19H19F3N2O5. The smallest absolute Gasteiger partial charge is 0.416 e. The van der Waals surface area contributed by atoms with Crippen LogP contribution in [0, 0.1) is 0 Å². The minimum atomic E-state index is -4.49. The van der Waals surface area contributed by atoms with Crippen LogP contribution in [0.15, 0.2) is 36.4 Å². The molecule has 7 nitrogen and oxygen atoms in total. The molecule has 10 heteroatoms. The first-order chi connectivity index (χ1) is 13.7. The zero-order valence-electron chi connectivity index (χ0n) is 15.8. The molecule has 0 saturated heterocycles. The van der Waals surface area contributed by atoms with Crippen LogP contribution in [-0.4, -0.2) is 39.7 Å². The minimum absolute atomic E-state index is 0.00131. The minimum Gasteiger partial charge on any atom is -0.493 e. The Kier molecular flexibility index (Phi) is 6.92. The maximum Gasteiger partial charge on any atom is 0.416 e. The van der Waals surface area contributed by atoms with Crippen LogP contribution in [0.1, 0.15) is 15.9 Å². The van der Waals surface area contributed by atoms with Gasteiger partial charge in [-0.2, -0.15) is 13.2 Å². The molecule has 0 saturated carbocycles. The maximum atomic E-state index is 12.6. The molecule has 2 aromatic rings. The summed E-state index contributed by atoms with van der Waals surface area (Å²) in [6, 6.07) is 6.69. The number of hydrogen-bond acceptors (Lipinski definition) is 5. The lowest BCUT2D eigenvalue weighted by Gasteiger charge is -2.14. The summed E-state index contributed by atoms with van der Waals surface area (Å²) in [5, 5.41) is 4.90. The summed E-state index contributed by atoms with van der Waals surface area (Å²) in [6.07, 6.45) is -4.49. The van der Waals surface area contributed by atoms with Crippen LogP contribution in [0.3, 0.4) is 0 Å². The zero-order chi connectivity index (χ0) is 21.6. The van der Waals surface area contributed by atoms with Crippen LogP contribution in [0.25, 0.3) is 0 Å². The van der Waals surface area contributed by atoms with E-state index in [0.29, 0.717) is 22.9 Å². The third-order valence-corrected chi connectivity index (χ3v) is 3.83. The number of nitrogens with one attached hydrogen (secondary N) is 2. The Labute approximate surface area is 164 Å². The monoisotopic (exact) mass is 412 g/mol. The summed E-state index contributed by atoms with van der Waals surface area (Å²) < 4.78 is 53.2. The molecule has 0 spiro atoms. The molecule has 0 heterocycles. The molecule has 0 aliphatic carbocycles. The van der Waals surface area contributed by atoms with Crippen molar-refractivity contribution in [3.63, 3.8) is 0 Å². The number of benzene rings is 2. The average Bonchev–Trinajstić information content (AvgIpc) is 2.70. The number of halogens is 3. The number of ether oxygens (including phenoxy) is 3. The van der Waals surface area contributed by atoms with E-state index in [4.69, 9.17) is 14.2 Å². The van der Waals surface area contributed by atoms with Crippen molar-refractivity contribution in [2.24, 2.45) is 0 Å². The number of methoxy groups -OCH3 is 3. The quantitative estimate of drug-likeness (QED) is 0.730. The second-order valence-corrected chi connectivity index (χ2v) is 5.72. The van der Waals surface area contributed by atoms with Gasteiger partial charge >= 0.3 is 6.18 Å². The van der Waals surface area contributed by atoms with Gasteiger partial charge in [-0.25, -0.2) is 0 Å². The molecule has 0 unspecified atom stereocenters. The Balaban J connectivity index is 2.00. The molecule has 2 amide bonds. The first-order valence-corrected chi connectivity index (χ1v) is 8.25. The number of rotatable bonds is 7. The highest BCUT2D eigenvalue weighted by Gasteiger charge is 2.30. The van der Waals surface area contributed by atoms with Crippen molar-refractivity contribution in [3.8, 4) is 17.2 Å². The third-order valence-electron chi connectivity index (χ3n) is 3.83. The Hall–Kier alpha value is -3.43. The van der Waals surface area contributed by atoms with Crippen molar-refractivity contribution >= 4 is 17.5 Å². The number of hydrogen-bond donors (Lipinski definition) is 2. The standard InChI is InChI=1S/C19H19F3N2O5/c1-27-14-8-13(9-15(28-2)17(14)29-3)24-16(25)10-23-18(26)11-4-6-12(7-5-11)19(20,21)22/h4-9H,10H2,1-3H3,(H,23,26)(H,24,25). The molecule has 2 aromatic carbocycles. The van der Waals surface area contributed by atoms with E-state index in [9.17, 15) is 22.8 Å². The van der Waals surface area contributed by atoms with Gasteiger partial charge in [-0.1, -0.05) is 0 Å². The van der Waals surface area contributed by atoms with E-state index >= 15 is 0 Å². The highest BCUT2D eigenvalue weighted by molar-refractivity contribution is 5.99. The molecule has 0 aliphatic rings. The van der Waals surface area contributed by atoms with Crippen molar-refractivity contribution in [3.05, 3.63) is 47.5 Å². The lowest BCUT2D eigenvalue weighted by Crippen LogP contribution is -2.32. The fourth-order valence-electron chi connectivity index (χ4n) is 2.43. The van der Waals surface area contributed by atoms with Gasteiger partial charge in [-0.3, -0.25) is 9.59 Å². The summed E-state index contributed by atoms with van der Waals surface area (Å²) in [7, 11) is 4.29. The summed E-state index contributed by atoms with van der Waals surface area (Å²) in [5.41, 5.74) is -0.527. The predicted molar refractivity (Wildman–Crippen MR) is 98.5 cm³/mol. The van der Waals surface area contributed by atoms with Crippen molar-refractivity contribution < 1.29 is 37.0 Å². The Bertz CT molecular complexity index is 857. The first kappa shape index (κ1) is 21.9. The predicted octanol–water partition coefficient (Wildman–Crippen LogP) is 3.10. The fraction of sp³-hybridized carbons (Fsp3) is 0.263. The number of carbonyl (C=O) groups excluding carboxylic acids is 2. The summed E-state index contributed by atoms with van der Waals surface area (Å²) in [4.78, 5) is 24.1. The lowest BCUT2D eigenvalue weighted by atomic mass is 10.1. The van der Waals surface area contributed by atoms with Crippen molar-refractivity contribution in [2.75, 3.05) is 33.2 Å². The van der Waals surface area contributed by atoms with Gasteiger partial charge in [0.05, 0.1) is 33.4 Å². The zero-order valence-corrected chi connectivity index (χ0v) is 15.8. The molecule has 0 aliphatic heterocycles. The van der Waals surface area contributed by atoms with Gasteiger partial charge in [0.1, 0.15) is 0 Å². The van der Waals surface area contributed by atoms with Gasteiger partial charge in [-0.05, 0) is 24.3 Å². The normalized spacial score (nSPS) is 10.8. The van der Waals surface area contributed by atoms with Crippen molar-refractivity contribution in [1.29, 1.82) is 0 Å². The van der Waals surface area contributed by atoms with Crippen LogP contribution >= 0.6 is 0 Å². The van der Waals surface area contributed by atoms with Crippen LogP contribution in [0.2, 0.25) is 0 Å². The maximum absolute atomic E-state index is 12.6. The van der Waals surface area contributed by atoms with Crippen LogP contribution in [0.4, 0.5) is 18.9 Å². The largest absolute Gasteiger partial charge is 0.493 e. The molecule has 0 bridgehead atoms. The van der Waals surface area contributed by atoms with Gasteiger partial charge in [0.15, 0.2) is 11.5 Å². The topological polar surface area (TPSA) is 85.9 Å². The first-order valence-electron chi connectivity index (χ1n) is 8.25. The van der Waals surface area contributed by atoms with Gasteiger partial charge < -0.3 is 24.8 Å². The van der Waals surface area contributed by atoms with E-state index in [1.165, 1.54) is 33.5 Å². The molecule has 0 fully saturated rings. The van der Waals surface area contributed by atoms with Crippen molar-refractivity contribution in [1.82, 2.24) is 5.32 Å². The SMILES string of the molecule is COc1cc(NC(=O)CNC(=O)c2ccc(C(F)(F)F)cc2)cc(OC)c1OC. The average molecular weight is 412 g/mol. The van der Waals surface area contributed by atoms with Crippen molar-refractivity contribution in [2.45, 2.75) is 6.18 Å². The lowest BCUT2D eigenvalue weighted by molar-refractivity contribution is -0.137. The molecule has 0 radical (unpaired) electrons.